The number of benzene rings is 1. The quantitative estimate of drug-likeness (QED) is 0.384. The van der Waals surface area contributed by atoms with Gasteiger partial charge in [-0.2, -0.15) is 0 Å². The second-order valence-corrected chi connectivity index (χ2v) is 3.58. The molecule has 0 bridgehead atoms. The van der Waals surface area contributed by atoms with Crippen LogP contribution in [0.3, 0.4) is 0 Å². The first-order valence-electron chi connectivity index (χ1n) is 5.46. The fraction of sp³-hybridized carbons (Fsp3) is 0.167. The van der Waals surface area contributed by atoms with Crippen molar-refractivity contribution in [3.05, 3.63) is 35.6 Å². The number of aliphatic hydroxyl groups is 1. The van der Waals surface area contributed by atoms with Gasteiger partial charge in [0.15, 0.2) is 5.78 Å². The van der Waals surface area contributed by atoms with Crippen LogP contribution in [-0.4, -0.2) is 33.8 Å². The molecule has 0 saturated heterocycles. The van der Waals surface area contributed by atoms with Crippen molar-refractivity contribution in [2.24, 2.45) is 0 Å². The Morgan fingerprint density at radius 3 is 2.84 bits per heavy atom. The molecular weight excluding hydrogens is 252 g/mol. The van der Waals surface area contributed by atoms with Gasteiger partial charge in [0.05, 0.1) is 6.61 Å². The number of ketones is 1. The monoisotopic (exact) mass is 262 g/mol. The second kappa shape index (κ2) is 5.30. The van der Waals surface area contributed by atoms with E-state index in [1.807, 2.05) is 0 Å². The van der Waals surface area contributed by atoms with E-state index in [0.717, 1.165) is 6.08 Å². The third kappa shape index (κ3) is 2.76. The van der Waals surface area contributed by atoms with Crippen LogP contribution in [0.4, 0.5) is 0 Å². The van der Waals surface area contributed by atoms with E-state index >= 15 is 0 Å². The molecule has 0 aliphatic heterocycles. The van der Waals surface area contributed by atoms with Crippen molar-refractivity contribution in [3.63, 3.8) is 0 Å². The molecule has 2 aromatic rings. The van der Waals surface area contributed by atoms with Crippen LogP contribution in [0.25, 0.3) is 11.0 Å². The van der Waals surface area contributed by atoms with Crippen LogP contribution in [0.5, 0.6) is 0 Å². The SMILES string of the molecule is CCOC(=O)/C(O)=C/C(=O)c1ccc2nonc2c1. The number of rotatable bonds is 4. The summed E-state index contributed by atoms with van der Waals surface area (Å²) in [5.41, 5.74) is 1.17. The molecule has 1 aromatic carbocycles. The van der Waals surface area contributed by atoms with Crippen LogP contribution in [0, 0.1) is 0 Å². The van der Waals surface area contributed by atoms with Crippen LogP contribution >= 0.6 is 0 Å². The lowest BCUT2D eigenvalue weighted by Gasteiger charge is -2.00. The molecule has 0 fully saturated rings. The van der Waals surface area contributed by atoms with Gasteiger partial charge in [0, 0.05) is 11.6 Å². The summed E-state index contributed by atoms with van der Waals surface area (Å²) in [6.45, 7) is 1.71. The molecule has 0 aliphatic carbocycles. The first-order chi connectivity index (χ1) is 9.11. The zero-order valence-corrected chi connectivity index (χ0v) is 9.99. The Kier molecular flexibility index (Phi) is 3.56. The third-order valence-electron chi connectivity index (χ3n) is 2.29. The van der Waals surface area contributed by atoms with Crippen LogP contribution in [-0.2, 0) is 9.53 Å². The van der Waals surface area contributed by atoms with Crippen LogP contribution in [0.15, 0.2) is 34.7 Å². The number of hydrogen-bond donors (Lipinski definition) is 1. The molecule has 0 unspecified atom stereocenters. The van der Waals surface area contributed by atoms with Gasteiger partial charge in [0.25, 0.3) is 0 Å². The number of aliphatic hydroxyl groups excluding tert-OH is 1. The minimum atomic E-state index is -0.944. The molecule has 0 saturated carbocycles. The molecule has 0 radical (unpaired) electrons. The molecule has 0 spiro atoms. The van der Waals surface area contributed by atoms with E-state index in [9.17, 15) is 14.7 Å². The number of hydrogen-bond acceptors (Lipinski definition) is 7. The molecule has 2 rings (SSSR count). The summed E-state index contributed by atoms with van der Waals surface area (Å²) in [7, 11) is 0. The largest absolute Gasteiger partial charge is 0.502 e. The Bertz CT molecular complexity index is 659. The Hall–Kier alpha value is -2.70. The highest BCUT2D eigenvalue weighted by Gasteiger charge is 2.13. The molecule has 7 nitrogen and oxygen atoms in total. The van der Waals surface area contributed by atoms with Crippen molar-refractivity contribution >= 4 is 22.8 Å². The van der Waals surface area contributed by atoms with E-state index < -0.39 is 17.5 Å². The summed E-state index contributed by atoms with van der Waals surface area (Å²) in [4.78, 5) is 23.0. The first-order valence-corrected chi connectivity index (χ1v) is 5.46. The number of carbonyl (C=O) groups is 2. The van der Waals surface area contributed by atoms with Crippen LogP contribution in [0.2, 0.25) is 0 Å². The van der Waals surface area contributed by atoms with E-state index in [0.29, 0.717) is 11.0 Å². The van der Waals surface area contributed by atoms with E-state index in [4.69, 9.17) is 0 Å². The standard InChI is InChI=1S/C12H10N2O5/c1-2-18-12(17)11(16)6-10(15)7-3-4-8-9(5-7)14-19-13-8/h3-6,16H,2H2,1H3/b11-6-. The average molecular weight is 262 g/mol. The lowest BCUT2D eigenvalue weighted by molar-refractivity contribution is -0.141. The maximum atomic E-state index is 11.8. The number of fused-ring (bicyclic) bond motifs is 1. The van der Waals surface area contributed by atoms with Gasteiger partial charge in [0.2, 0.25) is 5.76 Å². The normalized spacial score (nSPS) is 11.5. The van der Waals surface area contributed by atoms with Gasteiger partial charge in [-0.1, -0.05) is 0 Å². The van der Waals surface area contributed by atoms with Crippen molar-refractivity contribution in [1.29, 1.82) is 0 Å². The number of aromatic nitrogens is 2. The third-order valence-corrected chi connectivity index (χ3v) is 2.29. The van der Waals surface area contributed by atoms with E-state index in [-0.39, 0.29) is 12.2 Å². The molecular formula is C12H10N2O5. The van der Waals surface area contributed by atoms with Crippen LogP contribution in [0.1, 0.15) is 17.3 Å². The number of nitrogens with zero attached hydrogens (tertiary/aromatic N) is 2. The van der Waals surface area contributed by atoms with Gasteiger partial charge in [-0.25, -0.2) is 9.42 Å². The van der Waals surface area contributed by atoms with Gasteiger partial charge >= 0.3 is 5.97 Å². The number of allylic oxidation sites excluding steroid dienone is 1. The summed E-state index contributed by atoms with van der Waals surface area (Å²) in [5.74, 6) is -2.24. The van der Waals surface area contributed by atoms with Crippen molar-refractivity contribution in [3.8, 4) is 0 Å². The van der Waals surface area contributed by atoms with Gasteiger partial charge < -0.3 is 9.84 Å². The highest BCUT2D eigenvalue weighted by atomic mass is 16.6. The molecule has 0 amide bonds. The second-order valence-electron chi connectivity index (χ2n) is 3.58. The predicted octanol–water partition coefficient (Wildman–Crippen LogP) is 1.41. The molecule has 7 heteroatoms. The summed E-state index contributed by atoms with van der Waals surface area (Å²) < 4.78 is 9.05. The first kappa shape index (κ1) is 12.7. The molecule has 0 atom stereocenters. The zero-order chi connectivity index (χ0) is 13.8. The van der Waals surface area contributed by atoms with Gasteiger partial charge in [-0.15, -0.1) is 0 Å². The lowest BCUT2D eigenvalue weighted by Crippen LogP contribution is -2.09. The molecule has 98 valence electrons. The number of carbonyl (C=O) groups excluding carboxylic acids is 2. The summed E-state index contributed by atoms with van der Waals surface area (Å²) >= 11 is 0. The fourth-order valence-corrected chi connectivity index (χ4v) is 1.41. The minimum absolute atomic E-state index is 0.113. The molecule has 0 aliphatic rings. The van der Waals surface area contributed by atoms with Crippen molar-refractivity contribution < 1.29 is 24.1 Å². The average Bonchev–Trinajstić information content (AvgIpc) is 2.85. The smallest absolute Gasteiger partial charge is 0.373 e. The van der Waals surface area contributed by atoms with E-state index in [1.165, 1.54) is 12.1 Å². The Balaban J connectivity index is 2.23. The minimum Gasteiger partial charge on any atom is -0.502 e. The fourth-order valence-electron chi connectivity index (χ4n) is 1.41. The zero-order valence-electron chi connectivity index (χ0n) is 9.99. The Labute approximate surface area is 107 Å². The van der Waals surface area contributed by atoms with Crippen molar-refractivity contribution in [2.75, 3.05) is 6.61 Å². The molecule has 1 N–H and O–H groups in total. The summed E-state index contributed by atoms with van der Waals surface area (Å²) in [6, 6.07) is 4.49. The molecule has 19 heavy (non-hydrogen) atoms. The molecule has 1 heterocycles. The highest BCUT2D eigenvalue weighted by Crippen LogP contribution is 2.13. The van der Waals surface area contributed by atoms with Crippen molar-refractivity contribution in [2.45, 2.75) is 6.92 Å². The van der Waals surface area contributed by atoms with E-state index in [2.05, 4.69) is 19.7 Å². The van der Waals surface area contributed by atoms with Gasteiger partial charge in [-0.3, -0.25) is 4.79 Å². The van der Waals surface area contributed by atoms with Gasteiger partial charge in [-0.05, 0) is 35.4 Å². The van der Waals surface area contributed by atoms with Gasteiger partial charge in [0.1, 0.15) is 11.0 Å². The molecule has 1 aromatic heterocycles. The topological polar surface area (TPSA) is 103 Å². The summed E-state index contributed by atoms with van der Waals surface area (Å²) in [5, 5.41) is 16.6. The predicted molar refractivity (Wildman–Crippen MR) is 63.5 cm³/mol. The summed E-state index contributed by atoms with van der Waals surface area (Å²) in [6.07, 6.45) is 0.798. The number of ether oxygens (including phenoxy) is 1. The lowest BCUT2D eigenvalue weighted by atomic mass is 10.1. The highest BCUT2D eigenvalue weighted by molar-refractivity contribution is 6.09. The Morgan fingerprint density at radius 1 is 1.37 bits per heavy atom. The Morgan fingerprint density at radius 2 is 2.11 bits per heavy atom. The van der Waals surface area contributed by atoms with Crippen molar-refractivity contribution in [1.82, 2.24) is 10.3 Å². The van der Waals surface area contributed by atoms with E-state index in [1.54, 1.807) is 13.0 Å². The number of esters is 1. The maximum Gasteiger partial charge on any atom is 0.373 e. The van der Waals surface area contributed by atoms with Crippen LogP contribution < -0.4 is 0 Å². The maximum absolute atomic E-state index is 11.8.